The molecule has 118 valence electrons. The lowest BCUT2D eigenvalue weighted by Gasteiger charge is -2.27. The summed E-state index contributed by atoms with van der Waals surface area (Å²) in [6.45, 7) is 2.48. The van der Waals surface area contributed by atoms with Crippen LogP contribution in [-0.4, -0.2) is 25.0 Å². The van der Waals surface area contributed by atoms with Crippen LogP contribution in [0.3, 0.4) is 0 Å². The number of rotatable bonds is 2. The summed E-state index contributed by atoms with van der Waals surface area (Å²) in [7, 11) is 1.91. The minimum absolute atomic E-state index is 0.121. The number of nitrogens with zero attached hydrogens (tertiary/aromatic N) is 3. The molecule has 0 radical (unpaired) electrons. The molecule has 0 saturated carbocycles. The molecule has 1 aliphatic rings. The van der Waals surface area contributed by atoms with Crippen molar-refractivity contribution in [2.24, 2.45) is 13.0 Å². The summed E-state index contributed by atoms with van der Waals surface area (Å²) in [4.78, 5) is 17.3. The van der Waals surface area contributed by atoms with Crippen LogP contribution in [0.4, 0.5) is 0 Å². The number of benzene rings is 1. The molecule has 5 nitrogen and oxygen atoms in total. The van der Waals surface area contributed by atoms with Gasteiger partial charge < -0.3 is 14.2 Å². The number of carbonyl (C=O) groups is 1. The van der Waals surface area contributed by atoms with Gasteiger partial charge in [0.15, 0.2) is 5.78 Å². The van der Waals surface area contributed by atoms with E-state index in [0.717, 1.165) is 22.4 Å². The van der Waals surface area contributed by atoms with E-state index in [4.69, 9.17) is 0 Å². The van der Waals surface area contributed by atoms with Gasteiger partial charge in [-0.25, -0.2) is 4.98 Å². The highest BCUT2D eigenvalue weighted by Crippen LogP contribution is 2.39. The van der Waals surface area contributed by atoms with Gasteiger partial charge in [0, 0.05) is 48.4 Å². The number of aryl methyl sites for hydroxylation is 2. The number of Topliss-reactive ketones (excluding diaryl/α,β-unsaturated/α-hetero) is 1. The second-order valence-corrected chi connectivity index (χ2v) is 6.28. The quantitative estimate of drug-likeness (QED) is 0.791. The lowest BCUT2D eigenvalue weighted by Crippen LogP contribution is -2.29. The Morgan fingerprint density at radius 3 is 2.87 bits per heavy atom. The molecule has 2 atom stereocenters. The van der Waals surface area contributed by atoms with Gasteiger partial charge in [0.25, 0.3) is 0 Å². The first-order chi connectivity index (χ1) is 11.1. The maximum atomic E-state index is 13.1. The highest BCUT2D eigenvalue weighted by atomic mass is 16.3. The average molecular weight is 309 g/mol. The molecule has 2 aromatic heterocycles. The van der Waals surface area contributed by atoms with E-state index in [1.165, 1.54) is 0 Å². The summed E-state index contributed by atoms with van der Waals surface area (Å²) in [5.74, 6) is 0.780. The van der Waals surface area contributed by atoms with Crippen molar-refractivity contribution < 1.29 is 9.90 Å². The summed E-state index contributed by atoms with van der Waals surface area (Å²) in [6, 6.07) is 7.84. The number of para-hydroxylation sites is 1. The van der Waals surface area contributed by atoms with Gasteiger partial charge in [-0.3, -0.25) is 4.79 Å². The minimum atomic E-state index is -0.617. The normalized spacial score (nSPS) is 20.9. The van der Waals surface area contributed by atoms with Crippen LogP contribution in [0.2, 0.25) is 0 Å². The number of hydrogen-bond acceptors (Lipinski definition) is 3. The predicted octanol–water partition coefficient (Wildman–Crippen LogP) is 2.62. The Morgan fingerprint density at radius 2 is 2.13 bits per heavy atom. The van der Waals surface area contributed by atoms with Gasteiger partial charge in [-0.15, -0.1) is 0 Å². The van der Waals surface area contributed by atoms with Crippen molar-refractivity contribution in [3.63, 3.8) is 0 Å². The molecule has 0 aliphatic heterocycles. The van der Waals surface area contributed by atoms with Crippen molar-refractivity contribution in [2.45, 2.75) is 26.0 Å². The second-order valence-electron chi connectivity index (χ2n) is 6.28. The summed E-state index contributed by atoms with van der Waals surface area (Å²) in [6.07, 6.45) is 3.46. The van der Waals surface area contributed by atoms with E-state index >= 15 is 0 Å². The Labute approximate surface area is 134 Å². The summed E-state index contributed by atoms with van der Waals surface area (Å²) in [5, 5.41) is 11.6. The molecule has 3 aromatic rings. The molecule has 23 heavy (non-hydrogen) atoms. The van der Waals surface area contributed by atoms with Gasteiger partial charge in [-0.05, 0) is 19.4 Å². The molecule has 0 bridgehead atoms. The maximum absolute atomic E-state index is 13.1. The molecule has 1 N–H and O–H groups in total. The number of fused-ring (bicyclic) bond motifs is 3. The number of aromatic nitrogens is 3. The standard InChI is InChI=1S/C18H19N3O2/c1-11-19-7-8-21(11)10-12-9-15(22)17-16(18(12)23)13-5-3-4-6-14(13)20(17)2/h3-8,12,15,22H,9-10H2,1-2H3/t12-,15-/m0/s1. The van der Waals surface area contributed by atoms with E-state index in [2.05, 4.69) is 4.98 Å². The lowest BCUT2D eigenvalue weighted by atomic mass is 9.83. The molecule has 2 heterocycles. The fraction of sp³-hybridized carbons (Fsp3) is 0.333. The summed E-state index contributed by atoms with van der Waals surface area (Å²) < 4.78 is 3.93. The maximum Gasteiger partial charge on any atom is 0.170 e. The summed E-state index contributed by atoms with van der Waals surface area (Å²) >= 11 is 0. The zero-order valence-electron chi connectivity index (χ0n) is 13.2. The van der Waals surface area contributed by atoms with Crippen LogP contribution in [0, 0.1) is 12.8 Å². The second kappa shape index (κ2) is 5.06. The minimum Gasteiger partial charge on any atom is -0.387 e. The van der Waals surface area contributed by atoms with Crippen molar-refractivity contribution in [3.8, 4) is 0 Å². The first-order valence-corrected chi connectivity index (χ1v) is 7.85. The SMILES string of the molecule is Cc1nccn1C[C@@H]1C[C@H](O)c2c(c3ccccc3n2C)C1=O. The largest absolute Gasteiger partial charge is 0.387 e. The Hall–Kier alpha value is -2.40. The van der Waals surface area contributed by atoms with Crippen LogP contribution in [0.25, 0.3) is 10.9 Å². The first-order valence-electron chi connectivity index (χ1n) is 7.85. The molecule has 0 unspecified atom stereocenters. The molecule has 0 fully saturated rings. The third-order valence-corrected chi connectivity index (χ3v) is 4.93. The fourth-order valence-corrected chi connectivity index (χ4v) is 3.75. The number of carbonyl (C=O) groups excluding carboxylic acids is 1. The molecule has 1 aliphatic carbocycles. The van der Waals surface area contributed by atoms with Gasteiger partial charge in [-0.1, -0.05) is 18.2 Å². The predicted molar refractivity (Wildman–Crippen MR) is 87.3 cm³/mol. The molecule has 0 amide bonds. The smallest absolute Gasteiger partial charge is 0.170 e. The van der Waals surface area contributed by atoms with Crippen molar-refractivity contribution in [1.29, 1.82) is 0 Å². The Balaban J connectivity index is 1.82. The van der Waals surface area contributed by atoms with E-state index < -0.39 is 6.10 Å². The number of aliphatic hydroxyl groups excluding tert-OH is 1. The lowest BCUT2D eigenvalue weighted by molar-refractivity contribution is 0.0737. The van der Waals surface area contributed by atoms with Crippen LogP contribution in [0.5, 0.6) is 0 Å². The van der Waals surface area contributed by atoms with Crippen molar-refractivity contribution in [2.75, 3.05) is 0 Å². The number of ketones is 1. The Kier molecular flexibility index (Phi) is 3.13. The van der Waals surface area contributed by atoms with Crippen LogP contribution in [-0.2, 0) is 13.6 Å². The van der Waals surface area contributed by atoms with Gasteiger partial charge in [-0.2, -0.15) is 0 Å². The van der Waals surface area contributed by atoms with E-state index in [-0.39, 0.29) is 11.7 Å². The number of aliphatic hydroxyl groups is 1. The summed E-state index contributed by atoms with van der Waals surface area (Å²) in [5.41, 5.74) is 2.42. The first kappa shape index (κ1) is 14.2. The molecule has 0 saturated heterocycles. The Morgan fingerprint density at radius 1 is 1.35 bits per heavy atom. The van der Waals surface area contributed by atoms with Gasteiger partial charge in [0.05, 0.1) is 11.8 Å². The highest BCUT2D eigenvalue weighted by molar-refractivity contribution is 6.11. The van der Waals surface area contributed by atoms with Gasteiger partial charge in [0.1, 0.15) is 5.82 Å². The van der Waals surface area contributed by atoms with E-state index in [1.807, 2.05) is 53.6 Å². The third-order valence-electron chi connectivity index (χ3n) is 4.93. The van der Waals surface area contributed by atoms with Gasteiger partial charge >= 0.3 is 0 Å². The number of imidazole rings is 1. The van der Waals surface area contributed by atoms with Crippen LogP contribution < -0.4 is 0 Å². The topological polar surface area (TPSA) is 60.0 Å². The molecule has 0 spiro atoms. The fourth-order valence-electron chi connectivity index (χ4n) is 3.75. The van der Waals surface area contributed by atoms with E-state index in [0.29, 0.717) is 18.5 Å². The van der Waals surface area contributed by atoms with Gasteiger partial charge in [0.2, 0.25) is 0 Å². The third kappa shape index (κ3) is 2.04. The molecule has 5 heteroatoms. The van der Waals surface area contributed by atoms with E-state index in [1.54, 1.807) is 6.20 Å². The number of hydrogen-bond donors (Lipinski definition) is 1. The van der Waals surface area contributed by atoms with E-state index in [9.17, 15) is 9.90 Å². The Bertz CT molecular complexity index is 906. The van der Waals surface area contributed by atoms with Crippen molar-refractivity contribution >= 4 is 16.7 Å². The van der Waals surface area contributed by atoms with Crippen LogP contribution in [0.1, 0.15) is 34.4 Å². The average Bonchev–Trinajstić information content (AvgIpc) is 3.07. The van der Waals surface area contributed by atoms with Crippen LogP contribution in [0.15, 0.2) is 36.7 Å². The molecule has 1 aromatic carbocycles. The highest BCUT2D eigenvalue weighted by Gasteiger charge is 2.37. The molecular formula is C18H19N3O2. The van der Waals surface area contributed by atoms with Crippen LogP contribution >= 0.6 is 0 Å². The molecule has 4 rings (SSSR count). The zero-order valence-corrected chi connectivity index (χ0v) is 13.2. The van der Waals surface area contributed by atoms with Crippen molar-refractivity contribution in [1.82, 2.24) is 14.1 Å². The zero-order chi connectivity index (χ0) is 16.1. The molecular weight excluding hydrogens is 290 g/mol. The monoisotopic (exact) mass is 309 g/mol. The van der Waals surface area contributed by atoms with Crippen molar-refractivity contribution in [3.05, 3.63) is 53.7 Å².